The van der Waals surface area contributed by atoms with Crippen LogP contribution in [0.3, 0.4) is 0 Å². The Morgan fingerprint density at radius 2 is 1.72 bits per heavy atom. The fraction of sp³-hybridized carbons (Fsp3) is 0.316. The lowest BCUT2D eigenvalue weighted by molar-refractivity contribution is -0.385. The molecule has 0 atom stereocenters. The summed E-state index contributed by atoms with van der Waals surface area (Å²) in [5.41, 5.74) is 0.473. The summed E-state index contributed by atoms with van der Waals surface area (Å²) in [6.07, 6.45) is 1.07. The number of carbonyl (C=O) groups is 1. The molecule has 2 aromatic carbocycles. The van der Waals surface area contributed by atoms with Crippen LogP contribution in [0, 0.1) is 10.1 Å². The van der Waals surface area contributed by atoms with E-state index in [1.165, 1.54) is 6.07 Å². The summed E-state index contributed by atoms with van der Waals surface area (Å²) in [5.74, 6) is -0.361. The minimum absolute atomic E-state index is 0.0453. The summed E-state index contributed by atoms with van der Waals surface area (Å²) in [4.78, 5) is 23.6. The fourth-order valence-corrected chi connectivity index (χ4v) is 3.18. The SMILES string of the molecule is O=C(OCc1ccccc1[N+](=O)[O-])C1(c2ccccc2)CCOCC1. The van der Waals surface area contributed by atoms with Crippen LogP contribution < -0.4 is 0 Å². The molecule has 1 saturated heterocycles. The Kier molecular flexibility index (Phi) is 5.09. The monoisotopic (exact) mass is 341 g/mol. The van der Waals surface area contributed by atoms with Gasteiger partial charge >= 0.3 is 5.97 Å². The van der Waals surface area contributed by atoms with Crippen LogP contribution in [-0.2, 0) is 26.3 Å². The molecule has 0 saturated carbocycles. The van der Waals surface area contributed by atoms with Gasteiger partial charge < -0.3 is 9.47 Å². The van der Waals surface area contributed by atoms with E-state index in [-0.39, 0.29) is 18.3 Å². The minimum Gasteiger partial charge on any atom is -0.460 e. The van der Waals surface area contributed by atoms with Crippen molar-refractivity contribution in [2.45, 2.75) is 24.9 Å². The van der Waals surface area contributed by atoms with Crippen LogP contribution in [0.4, 0.5) is 5.69 Å². The van der Waals surface area contributed by atoms with E-state index in [1.807, 2.05) is 30.3 Å². The molecule has 3 rings (SSSR count). The van der Waals surface area contributed by atoms with Gasteiger partial charge in [-0.1, -0.05) is 42.5 Å². The first kappa shape index (κ1) is 17.1. The number of ether oxygens (including phenoxy) is 2. The first-order chi connectivity index (χ1) is 12.1. The van der Waals surface area contributed by atoms with E-state index in [9.17, 15) is 14.9 Å². The van der Waals surface area contributed by atoms with Gasteiger partial charge in [-0.25, -0.2) is 0 Å². The van der Waals surface area contributed by atoms with Crippen molar-refractivity contribution in [1.29, 1.82) is 0 Å². The Balaban J connectivity index is 1.82. The Bertz CT molecular complexity index is 753. The van der Waals surface area contributed by atoms with Gasteiger partial charge in [-0.3, -0.25) is 14.9 Å². The molecule has 25 heavy (non-hydrogen) atoms. The predicted octanol–water partition coefficient (Wildman–Crippen LogP) is 3.39. The van der Waals surface area contributed by atoms with Crippen LogP contribution in [0.15, 0.2) is 54.6 Å². The van der Waals surface area contributed by atoms with Crippen LogP contribution >= 0.6 is 0 Å². The lowest BCUT2D eigenvalue weighted by atomic mass is 9.74. The van der Waals surface area contributed by atoms with Crippen molar-refractivity contribution in [3.63, 3.8) is 0 Å². The zero-order valence-corrected chi connectivity index (χ0v) is 13.7. The normalized spacial score (nSPS) is 16.2. The third-order valence-corrected chi connectivity index (χ3v) is 4.61. The number of nitro benzene ring substituents is 1. The number of esters is 1. The number of para-hydroxylation sites is 1. The molecule has 6 heteroatoms. The topological polar surface area (TPSA) is 78.7 Å². The van der Waals surface area contributed by atoms with E-state index in [0.717, 1.165) is 5.56 Å². The van der Waals surface area contributed by atoms with Gasteiger partial charge in [0.2, 0.25) is 0 Å². The highest BCUT2D eigenvalue weighted by Gasteiger charge is 2.43. The average Bonchev–Trinajstić information content (AvgIpc) is 2.67. The largest absolute Gasteiger partial charge is 0.460 e. The number of nitro groups is 1. The molecule has 0 unspecified atom stereocenters. The van der Waals surface area contributed by atoms with E-state index in [2.05, 4.69) is 0 Å². The molecular formula is C19H19NO5. The van der Waals surface area contributed by atoms with Crippen LogP contribution in [0.25, 0.3) is 0 Å². The Morgan fingerprint density at radius 1 is 1.08 bits per heavy atom. The molecule has 2 aromatic rings. The van der Waals surface area contributed by atoms with Gasteiger partial charge in [0.15, 0.2) is 0 Å². The Labute approximate surface area is 145 Å². The summed E-state index contributed by atoms with van der Waals surface area (Å²) in [6.45, 7) is 0.844. The first-order valence-electron chi connectivity index (χ1n) is 8.16. The standard InChI is InChI=1S/C19H19NO5/c21-18(25-14-15-6-4-5-9-17(15)20(22)23)19(10-12-24-13-11-19)16-7-2-1-3-8-16/h1-9H,10-14H2. The molecule has 0 N–H and O–H groups in total. The van der Waals surface area contributed by atoms with Gasteiger partial charge in [0.05, 0.1) is 15.9 Å². The van der Waals surface area contributed by atoms with E-state index in [0.29, 0.717) is 31.6 Å². The second-order valence-corrected chi connectivity index (χ2v) is 6.02. The second-order valence-electron chi connectivity index (χ2n) is 6.02. The van der Waals surface area contributed by atoms with Crippen molar-refractivity contribution in [2.24, 2.45) is 0 Å². The van der Waals surface area contributed by atoms with Crippen molar-refractivity contribution in [2.75, 3.05) is 13.2 Å². The van der Waals surface area contributed by atoms with Crippen molar-refractivity contribution < 1.29 is 19.2 Å². The number of hydrogen-bond donors (Lipinski definition) is 0. The molecule has 1 fully saturated rings. The minimum atomic E-state index is -0.761. The third kappa shape index (κ3) is 3.53. The zero-order valence-electron chi connectivity index (χ0n) is 13.7. The molecular weight excluding hydrogens is 322 g/mol. The smallest absolute Gasteiger partial charge is 0.317 e. The van der Waals surface area contributed by atoms with Crippen LogP contribution in [-0.4, -0.2) is 24.1 Å². The van der Waals surface area contributed by atoms with Gasteiger partial charge in [0, 0.05) is 19.3 Å². The van der Waals surface area contributed by atoms with Crippen LogP contribution in [0.2, 0.25) is 0 Å². The molecule has 6 nitrogen and oxygen atoms in total. The summed E-state index contributed by atoms with van der Waals surface area (Å²) in [7, 11) is 0. The summed E-state index contributed by atoms with van der Waals surface area (Å²) in [5, 5.41) is 11.1. The summed E-state index contributed by atoms with van der Waals surface area (Å²) < 4.78 is 10.9. The molecule has 0 aliphatic carbocycles. The Morgan fingerprint density at radius 3 is 2.40 bits per heavy atom. The van der Waals surface area contributed by atoms with Crippen LogP contribution in [0.1, 0.15) is 24.0 Å². The maximum Gasteiger partial charge on any atom is 0.317 e. The predicted molar refractivity (Wildman–Crippen MR) is 91.1 cm³/mol. The number of rotatable bonds is 5. The van der Waals surface area contributed by atoms with Gasteiger partial charge in [-0.15, -0.1) is 0 Å². The van der Waals surface area contributed by atoms with E-state index in [4.69, 9.17) is 9.47 Å². The Hall–Kier alpha value is -2.73. The lowest BCUT2D eigenvalue weighted by Crippen LogP contribution is -2.42. The van der Waals surface area contributed by atoms with Gasteiger partial charge in [0.25, 0.3) is 5.69 Å². The lowest BCUT2D eigenvalue weighted by Gasteiger charge is -2.35. The molecule has 1 heterocycles. The molecule has 0 spiro atoms. The highest BCUT2D eigenvalue weighted by atomic mass is 16.6. The highest BCUT2D eigenvalue weighted by molar-refractivity contribution is 5.83. The summed E-state index contributed by atoms with van der Waals surface area (Å²) in [6, 6.07) is 15.8. The van der Waals surface area contributed by atoms with Crippen LogP contribution in [0.5, 0.6) is 0 Å². The zero-order chi connectivity index (χ0) is 17.7. The molecule has 130 valence electrons. The number of nitrogens with zero attached hydrogens (tertiary/aromatic N) is 1. The maximum absolute atomic E-state index is 12.9. The molecule has 0 amide bonds. The van der Waals surface area contributed by atoms with Crippen molar-refractivity contribution in [3.8, 4) is 0 Å². The molecule has 0 bridgehead atoms. The summed E-state index contributed by atoms with van der Waals surface area (Å²) >= 11 is 0. The van der Waals surface area contributed by atoms with Gasteiger partial charge in [-0.2, -0.15) is 0 Å². The molecule has 1 aliphatic rings. The third-order valence-electron chi connectivity index (χ3n) is 4.61. The first-order valence-corrected chi connectivity index (χ1v) is 8.16. The average molecular weight is 341 g/mol. The van der Waals surface area contributed by atoms with E-state index < -0.39 is 10.3 Å². The van der Waals surface area contributed by atoms with E-state index in [1.54, 1.807) is 18.2 Å². The maximum atomic E-state index is 12.9. The number of carbonyl (C=O) groups excluding carboxylic acids is 1. The number of hydrogen-bond acceptors (Lipinski definition) is 5. The molecule has 1 aliphatic heterocycles. The van der Waals surface area contributed by atoms with Gasteiger partial charge in [-0.05, 0) is 24.5 Å². The van der Waals surface area contributed by atoms with Crippen molar-refractivity contribution in [3.05, 3.63) is 75.8 Å². The fourth-order valence-electron chi connectivity index (χ4n) is 3.18. The van der Waals surface area contributed by atoms with Crippen molar-refractivity contribution in [1.82, 2.24) is 0 Å². The second kappa shape index (κ2) is 7.44. The molecule has 0 radical (unpaired) electrons. The highest BCUT2D eigenvalue weighted by Crippen LogP contribution is 2.36. The quantitative estimate of drug-likeness (QED) is 0.473. The van der Waals surface area contributed by atoms with Gasteiger partial charge in [0.1, 0.15) is 6.61 Å². The van der Waals surface area contributed by atoms with Crippen molar-refractivity contribution >= 4 is 11.7 Å². The van der Waals surface area contributed by atoms with E-state index >= 15 is 0 Å². The molecule has 0 aromatic heterocycles. The number of benzene rings is 2.